The highest BCUT2D eigenvalue weighted by Gasteiger charge is 2.28. The number of nitrogens with zero attached hydrogens (tertiary/aromatic N) is 4. The molecule has 3 N–H and O–H groups in total. The van der Waals surface area contributed by atoms with Gasteiger partial charge in [-0.2, -0.15) is 0 Å². The van der Waals surface area contributed by atoms with Gasteiger partial charge in [-0.25, -0.2) is 24.1 Å². The van der Waals surface area contributed by atoms with Crippen LogP contribution in [-0.2, 0) is 15.9 Å². The molecule has 11 heteroatoms. The van der Waals surface area contributed by atoms with E-state index in [-0.39, 0.29) is 17.8 Å². The fourth-order valence-corrected chi connectivity index (χ4v) is 5.24. The number of imidazole rings is 1. The number of morpholine rings is 1. The largest absolute Gasteiger partial charge is 0.379 e. The van der Waals surface area contributed by atoms with E-state index in [0.717, 1.165) is 45.0 Å². The number of nitrogens with one attached hydrogen (secondary N) is 3. The Morgan fingerprint density at radius 2 is 2.00 bits per heavy atom. The minimum absolute atomic E-state index is 0.247. The van der Waals surface area contributed by atoms with Crippen LogP contribution in [0, 0.1) is 11.7 Å². The molecule has 2 fully saturated rings. The van der Waals surface area contributed by atoms with E-state index in [9.17, 15) is 4.79 Å². The van der Waals surface area contributed by atoms with Crippen molar-refractivity contribution in [2.45, 2.75) is 52.2 Å². The Morgan fingerprint density at radius 1 is 1.24 bits per heavy atom. The van der Waals surface area contributed by atoms with Crippen molar-refractivity contribution in [3.8, 4) is 11.1 Å². The number of carbonyl (C=O) groups excluding carboxylic acids is 1. The topological polar surface area (TPSA) is 117 Å². The first-order valence-electron chi connectivity index (χ1n) is 13.5. The molecule has 0 bridgehead atoms. The number of ether oxygens (including phenoxy) is 2. The molecule has 4 heterocycles. The van der Waals surface area contributed by atoms with E-state index >= 15 is 4.39 Å². The second-order valence-corrected chi connectivity index (χ2v) is 10.1. The number of hydrogen-bond acceptors (Lipinski definition) is 7. The van der Waals surface area contributed by atoms with Crippen molar-refractivity contribution in [2.24, 2.45) is 5.92 Å². The number of rotatable bonds is 8. The van der Waals surface area contributed by atoms with Gasteiger partial charge in [0, 0.05) is 67.8 Å². The van der Waals surface area contributed by atoms with E-state index in [1.807, 2.05) is 6.92 Å². The van der Waals surface area contributed by atoms with Gasteiger partial charge in [-0.05, 0) is 38.7 Å². The number of aromatic amines is 1. The van der Waals surface area contributed by atoms with Crippen LogP contribution in [0.2, 0.25) is 0 Å². The molecule has 2 amide bonds. The predicted octanol–water partition coefficient (Wildman–Crippen LogP) is 4.05. The van der Waals surface area contributed by atoms with Gasteiger partial charge in [0.25, 0.3) is 0 Å². The number of amides is 2. The maximum Gasteiger partial charge on any atom is 0.321 e. The van der Waals surface area contributed by atoms with Crippen LogP contribution >= 0.6 is 0 Å². The van der Waals surface area contributed by atoms with E-state index in [1.54, 1.807) is 18.5 Å². The van der Waals surface area contributed by atoms with E-state index in [4.69, 9.17) is 9.47 Å². The van der Waals surface area contributed by atoms with Gasteiger partial charge in [0.05, 0.1) is 30.4 Å². The maximum absolute atomic E-state index is 16.1. The number of halogens is 1. The summed E-state index contributed by atoms with van der Waals surface area (Å²) in [5.74, 6) is 0.952. The lowest BCUT2D eigenvalue weighted by molar-refractivity contribution is 0.00899. The Bertz CT molecular complexity index is 1250. The number of aromatic nitrogens is 4. The number of urea groups is 1. The van der Waals surface area contributed by atoms with E-state index in [1.165, 1.54) is 0 Å². The van der Waals surface area contributed by atoms with Crippen LogP contribution in [0.4, 0.5) is 15.1 Å². The van der Waals surface area contributed by atoms with Crippen molar-refractivity contribution in [2.75, 3.05) is 44.8 Å². The first-order valence-corrected chi connectivity index (χ1v) is 13.5. The van der Waals surface area contributed by atoms with Gasteiger partial charge in [-0.15, -0.1) is 0 Å². The molecule has 2 aliphatic rings. The highest BCUT2D eigenvalue weighted by molar-refractivity contribution is 5.92. The normalized spacial score (nSPS) is 19.9. The number of carbonyl (C=O) groups is 1. The molecular weight excluding hydrogens is 489 g/mol. The zero-order valence-electron chi connectivity index (χ0n) is 22.2. The Balaban J connectivity index is 1.41. The van der Waals surface area contributed by atoms with E-state index in [2.05, 4.69) is 49.3 Å². The molecule has 38 heavy (non-hydrogen) atoms. The summed E-state index contributed by atoms with van der Waals surface area (Å²) < 4.78 is 27.4. The van der Waals surface area contributed by atoms with E-state index in [0.29, 0.717) is 59.3 Å². The van der Waals surface area contributed by atoms with Gasteiger partial charge in [0.2, 0.25) is 5.95 Å². The lowest BCUT2D eigenvalue weighted by Gasteiger charge is -2.35. The number of benzene rings is 1. The Kier molecular flexibility index (Phi) is 8.15. The highest BCUT2D eigenvalue weighted by atomic mass is 19.1. The minimum atomic E-state index is -0.391. The molecule has 204 valence electrons. The fraction of sp³-hybridized carbons (Fsp3) is 0.556. The third kappa shape index (κ3) is 5.64. The van der Waals surface area contributed by atoms with Gasteiger partial charge < -0.3 is 19.8 Å². The summed E-state index contributed by atoms with van der Waals surface area (Å²) in [4.78, 5) is 31.2. The molecule has 2 saturated heterocycles. The van der Waals surface area contributed by atoms with Crippen molar-refractivity contribution in [1.29, 1.82) is 0 Å². The standard InChI is InChI=1S/C27H36FN7O3/c1-4-29-27(36)34-26-32-20-13-19(24(28)23(25(20)33-26)21-6-5-9-38-21)18-14-30-22(31-15-18)12-16(2)17(3)35-7-10-37-11-8-35/h13-17,21H,4-12H2,1-3H3,(H3,29,32,33,34,36)/t16?,17?,21-/m1/s1. The molecule has 10 nitrogen and oxygen atoms in total. The summed E-state index contributed by atoms with van der Waals surface area (Å²) in [5, 5.41) is 5.34. The molecule has 3 aromatic rings. The number of hydrogen-bond donors (Lipinski definition) is 3. The van der Waals surface area contributed by atoms with Crippen molar-refractivity contribution >= 4 is 23.0 Å². The van der Waals surface area contributed by atoms with Crippen LogP contribution in [0.25, 0.3) is 22.2 Å². The van der Waals surface area contributed by atoms with Gasteiger partial charge in [0.1, 0.15) is 11.6 Å². The Labute approximate surface area is 221 Å². The zero-order valence-corrected chi connectivity index (χ0v) is 22.2. The van der Waals surface area contributed by atoms with Crippen LogP contribution in [0.15, 0.2) is 18.5 Å². The average molecular weight is 526 g/mol. The van der Waals surface area contributed by atoms with Crippen molar-refractivity contribution in [3.63, 3.8) is 0 Å². The third-order valence-electron chi connectivity index (χ3n) is 7.54. The van der Waals surface area contributed by atoms with Gasteiger partial charge in [-0.3, -0.25) is 10.2 Å². The fourth-order valence-electron chi connectivity index (χ4n) is 5.24. The molecule has 1 aromatic carbocycles. The number of fused-ring (bicyclic) bond motifs is 1. The molecule has 3 atom stereocenters. The molecule has 0 spiro atoms. The highest BCUT2D eigenvalue weighted by Crippen LogP contribution is 2.39. The van der Waals surface area contributed by atoms with Gasteiger partial charge >= 0.3 is 6.03 Å². The number of anilines is 1. The van der Waals surface area contributed by atoms with Crippen LogP contribution < -0.4 is 10.6 Å². The first kappa shape index (κ1) is 26.5. The molecular formula is C27H36FN7O3. The second-order valence-electron chi connectivity index (χ2n) is 10.1. The molecule has 0 aliphatic carbocycles. The maximum atomic E-state index is 16.1. The molecule has 2 aromatic heterocycles. The van der Waals surface area contributed by atoms with Crippen LogP contribution in [0.3, 0.4) is 0 Å². The second kappa shape index (κ2) is 11.7. The minimum Gasteiger partial charge on any atom is -0.379 e. The monoisotopic (exact) mass is 525 g/mol. The first-order chi connectivity index (χ1) is 18.4. The summed E-state index contributed by atoms with van der Waals surface area (Å²) in [6.45, 7) is 10.7. The quantitative estimate of drug-likeness (QED) is 0.406. The summed E-state index contributed by atoms with van der Waals surface area (Å²) in [6, 6.07) is 1.68. The molecule has 0 radical (unpaired) electrons. The summed E-state index contributed by atoms with van der Waals surface area (Å²) >= 11 is 0. The SMILES string of the molecule is CCNC(=O)Nc1nc2cc(-c3cnc(CC(C)C(C)N4CCOCC4)nc3)c(F)c([C@H]3CCCO3)c2[nH]1. The van der Waals surface area contributed by atoms with Gasteiger partial charge in [-0.1, -0.05) is 6.92 Å². The average Bonchev–Trinajstić information content (AvgIpc) is 3.59. The Morgan fingerprint density at radius 3 is 2.68 bits per heavy atom. The van der Waals surface area contributed by atoms with Crippen molar-refractivity contribution in [3.05, 3.63) is 35.7 Å². The van der Waals surface area contributed by atoms with Crippen molar-refractivity contribution in [1.82, 2.24) is 30.2 Å². The molecule has 2 unspecified atom stereocenters. The summed E-state index contributed by atoms with van der Waals surface area (Å²) in [5.41, 5.74) is 2.41. The smallest absolute Gasteiger partial charge is 0.321 e. The zero-order chi connectivity index (χ0) is 26.6. The molecule has 2 aliphatic heterocycles. The van der Waals surface area contributed by atoms with Crippen LogP contribution in [0.1, 0.15) is 51.1 Å². The van der Waals surface area contributed by atoms with Gasteiger partial charge in [0.15, 0.2) is 0 Å². The lowest BCUT2D eigenvalue weighted by atomic mass is 9.97. The summed E-state index contributed by atoms with van der Waals surface area (Å²) in [6.07, 6.45) is 5.26. The molecule has 5 rings (SSSR count). The number of H-pyrrole nitrogens is 1. The van der Waals surface area contributed by atoms with E-state index < -0.39 is 6.10 Å². The Hall–Kier alpha value is -3.15. The van der Waals surface area contributed by atoms with Crippen molar-refractivity contribution < 1.29 is 18.7 Å². The lowest BCUT2D eigenvalue weighted by Crippen LogP contribution is -2.45. The third-order valence-corrected chi connectivity index (χ3v) is 7.54. The van der Waals surface area contributed by atoms with Crippen LogP contribution in [0.5, 0.6) is 0 Å². The van der Waals surface area contributed by atoms with Crippen LogP contribution in [-0.4, -0.2) is 76.4 Å². The summed E-state index contributed by atoms with van der Waals surface area (Å²) in [7, 11) is 0. The molecule has 0 saturated carbocycles. The predicted molar refractivity (Wildman–Crippen MR) is 142 cm³/mol.